The van der Waals surface area contributed by atoms with Gasteiger partial charge in [-0.2, -0.15) is 0 Å². The summed E-state index contributed by atoms with van der Waals surface area (Å²) < 4.78 is 5.94. The average molecular weight is 437 g/mol. The minimum absolute atomic E-state index is 0.0167. The van der Waals surface area contributed by atoms with Crippen molar-refractivity contribution in [3.63, 3.8) is 0 Å². The number of carbonyl (C=O) groups excluding carboxylic acids is 2. The summed E-state index contributed by atoms with van der Waals surface area (Å²) >= 11 is 0. The normalized spacial score (nSPS) is 17.1. The Bertz CT molecular complexity index is 891. The highest BCUT2D eigenvalue weighted by Crippen LogP contribution is 2.19. The van der Waals surface area contributed by atoms with Crippen molar-refractivity contribution in [2.75, 3.05) is 51.2 Å². The highest BCUT2D eigenvalue weighted by atomic mass is 16.5. The summed E-state index contributed by atoms with van der Waals surface area (Å²) in [7, 11) is 0. The lowest BCUT2D eigenvalue weighted by Crippen LogP contribution is -2.51. The van der Waals surface area contributed by atoms with E-state index in [1.807, 2.05) is 54.6 Å². The molecule has 2 heterocycles. The second kappa shape index (κ2) is 11.0. The van der Waals surface area contributed by atoms with E-state index < -0.39 is 0 Å². The molecule has 2 aromatic carbocycles. The minimum atomic E-state index is -0.132. The number of para-hydroxylation sites is 1. The lowest BCUT2D eigenvalue weighted by Gasteiger charge is -2.34. The molecular weight excluding hydrogens is 404 g/mol. The molecule has 0 saturated carbocycles. The number of piperazine rings is 1. The molecule has 0 aromatic heterocycles. The maximum Gasteiger partial charge on any atom is 0.321 e. The number of anilines is 1. The van der Waals surface area contributed by atoms with Gasteiger partial charge in [-0.05, 0) is 68.6 Å². The number of urea groups is 1. The number of hydrogen-bond donors (Lipinski definition) is 2. The fraction of sp³-hybridized carbons (Fsp3) is 0.440. The second-order valence-corrected chi connectivity index (χ2v) is 8.43. The fourth-order valence-electron chi connectivity index (χ4n) is 4.25. The molecule has 2 aliphatic rings. The number of nitrogens with one attached hydrogen (secondary N) is 2. The van der Waals surface area contributed by atoms with E-state index in [1.54, 1.807) is 9.80 Å². The van der Waals surface area contributed by atoms with Crippen molar-refractivity contribution in [1.82, 2.24) is 15.1 Å². The molecular formula is C25H32N4O3. The third-order valence-corrected chi connectivity index (χ3v) is 6.21. The van der Waals surface area contributed by atoms with Crippen molar-refractivity contribution in [3.05, 3.63) is 60.2 Å². The van der Waals surface area contributed by atoms with Gasteiger partial charge < -0.3 is 25.2 Å². The van der Waals surface area contributed by atoms with Gasteiger partial charge >= 0.3 is 6.03 Å². The molecule has 3 amide bonds. The van der Waals surface area contributed by atoms with Gasteiger partial charge in [-0.15, -0.1) is 0 Å². The summed E-state index contributed by atoms with van der Waals surface area (Å²) in [5.41, 5.74) is 1.40. The molecule has 7 nitrogen and oxygen atoms in total. The molecule has 2 aliphatic heterocycles. The maximum atomic E-state index is 13.0. The van der Waals surface area contributed by atoms with Crippen LogP contribution < -0.4 is 15.4 Å². The van der Waals surface area contributed by atoms with Crippen molar-refractivity contribution in [2.45, 2.75) is 19.3 Å². The van der Waals surface area contributed by atoms with Crippen molar-refractivity contribution in [1.29, 1.82) is 0 Å². The summed E-state index contributed by atoms with van der Waals surface area (Å²) in [6.07, 6.45) is 3.46. The minimum Gasteiger partial charge on any atom is -0.494 e. The summed E-state index contributed by atoms with van der Waals surface area (Å²) in [6, 6.07) is 16.7. The standard InChI is InChI=1S/C25H32N4O3/c30-24(21-5-4-8-23(19-21)32-18-11-20-9-12-26-13-10-20)28-14-16-29(17-15-28)25(31)27-22-6-2-1-3-7-22/h1-8,19-20,26H,9-18H2,(H,27,31). The Kier molecular flexibility index (Phi) is 7.61. The number of carbonyl (C=O) groups is 2. The average Bonchev–Trinajstić information content (AvgIpc) is 2.85. The Balaban J connectivity index is 1.24. The van der Waals surface area contributed by atoms with Gasteiger partial charge in [-0.1, -0.05) is 24.3 Å². The van der Waals surface area contributed by atoms with E-state index >= 15 is 0 Å². The molecule has 2 N–H and O–H groups in total. The molecule has 0 unspecified atom stereocenters. The number of amides is 3. The molecule has 2 saturated heterocycles. The monoisotopic (exact) mass is 436 g/mol. The number of nitrogens with zero attached hydrogens (tertiary/aromatic N) is 2. The van der Waals surface area contributed by atoms with Crippen LogP contribution in [0, 0.1) is 5.92 Å². The molecule has 4 rings (SSSR count). The van der Waals surface area contributed by atoms with Crippen molar-refractivity contribution in [3.8, 4) is 5.75 Å². The molecule has 7 heteroatoms. The molecule has 2 aromatic rings. The zero-order valence-electron chi connectivity index (χ0n) is 18.5. The number of rotatable bonds is 6. The Labute approximate surface area is 189 Å². The van der Waals surface area contributed by atoms with Crippen LogP contribution in [0.3, 0.4) is 0 Å². The lowest BCUT2D eigenvalue weighted by atomic mass is 9.95. The predicted molar refractivity (Wildman–Crippen MR) is 125 cm³/mol. The molecule has 0 bridgehead atoms. The van der Waals surface area contributed by atoms with Gasteiger partial charge in [0.1, 0.15) is 5.75 Å². The van der Waals surface area contributed by atoms with Crippen LogP contribution in [0.15, 0.2) is 54.6 Å². The zero-order valence-corrected chi connectivity index (χ0v) is 18.5. The Morgan fingerprint density at radius 3 is 2.41 bits per heavy atom. The Hall–Kier alpha value is -3.06. The van der Waals surface area contributed by atoms with Crippen LogP contribution in [-0.4, -0.2) is 67.6 Å². The summed E-state index contributed by atoms with van der Waals surface area (Å²) in [6.45, 7) is 4.92. The Morgan fingerprint density at radius 1 is 0.938 bits per heavy atom. The molecule has 2 fully saturated rings. The number of ether oxygens (including phenoxy) is 1. The van der Waals surface area contributed by atoms with Crippen LogP contribution in [0.4, 0.5) is 10.5 Å². The quantitative estimate of drug-likeness (QED) is 0.728. The van der Waals surface area contributed by atoms with Crippen LogP contribution in [0.2, 0.25) is 0 Å². The summed E-state index contributed by atoms with van der Waals surface area (Å²) in [5.74, 6) is 1.44. The second-order valence-electron chi connectivity index (χ2n) is 8.43. The lowest BCUT2D eigenvalue weighted by molar-refractivity contribution is 0.0671. The van der Waals surface area contributed by atoms with E-state index in [1.165, 1.54) is 12.8 Å². The van der Waals surface area contributed by atoms with Gasteiger partial charge in [0.15, 0.2) is 0 Å². The highest BCUT2D eigenvalue weighted by molar-refractivity contribution is 5.95. The molecule has 0 atom stereocenters. The number of benzene rings is 2. The van der Waals surface area contributed by atoms with Gasteiger partial charge in [0, 0.05) is 37.4 Å². The molecule has 0 aliphatic carbocycles. The van der Waals surface area contributed by atoms with E-state index in [2.05, 4.69) is 10.6 Å². The number of piperidine rings is 1. The van der Waals surface area contributed by atoms with Crippen LogP contribution in [-0.2, 0) is 0 Å². The first-order valence-corrected chi connectivity index (χ1v) is 11.5. The van der Waals surface area contributed by atoms with Gasteiger partial charge in [0.05, 0.1) is 6.61 Å². The smallest absolute Gasteiger partial charge is 0.321 e. The summed E-state index contributed by atoms with van der Waals surface area (Å²) in [5, 5.41) is 6.29. The third-order valence-electron chi connectivity index (χ3n) is 6.21. The SMILES string of the molecule is O=C(Nc1ccccc1)N1CCN(C(=O)c2cccc(OCCC3CCNCC3)c2)CC1. The van der Waals surface area contributed by atoms with Crippen LogP contribution in [0.25, 0.3) is 0 Å². The van der Waals surface area contributed by atoms with E-state index in [0.717, 1.165) is 36.9 Å². The van der Waals surface area contributed by atoms with Gasteiger partial charge in [0.25, 0.3) is 5.91 Å². The zero-order chi connectivity index (χ0) is 22.2. The van der Waals surface area contributed by atoms with Crippen molar-refractivity contribution < 1.29 is 14.3 Å². The van der Waals surface area contributed by atoms with Crippen LogP contribution in [0.1, 0.15) is 29.6 Å². The highest BCUT2D eigenvalue weighted by Gasteiger charge is 2.25. The maximum absolute atomic E-state index is 13.0. The van der Waals surface area contributed by atoms with Crippen LogP contribution in [0.5, 0.6) is 5.75 Å². The van der Waals surface area contributed by atoms with Gasteiger partial charge in [-0.3, -0.25) is 4.79 Å². The van der Waals surface area contributed by atoms with E-state index in [9.17, 15) is 9.59 Å². The molecule has 0 spiro atoms. The van der Waals surface area contributed by atoms with Gasteiger partial charge in [0.2, 0.25) is 0 Å². The topological polar surface area (TPSA) is 73.9 Å². The molecule has 0 radical (unpaired) electrons. The van der Waals surface area contributed by atoms with Crippen LogP contribution >= 0.6 is 0 Å². The number of hydrogen-bond acceptors (Lipinski definition) is 4. The summed E-state index contributed by atoms with van der Waals surface area (Å²) in [4.78, 5) is 29.0. The molecule has 170 valence electrons. The first-order valence-electron chi connectivity index (χ1n) is 11.5. The van der Waals surface area contributed by atoms with E-state index in [0.29, 0.717) is 38.3 Å². The first-order chi connectivity index (χ1) is 15.7. The van der Waals surface area contributed by atoms with Gasteiger partial charge in [-0.25, -0.2) is 4.79 Å². The van der Waals surface area contributed by atoms with E-state index in [4.69, 9.17) is 4.74 Å². The predicted octanol–water partition coefficient (Wildman–Crippen LogP) is 3.45. The molecule has 32 heavy (non-hydrogen) atoms. The fourth-order valence-corrected chi connectivity index (χ4v) is 4.25. The largest absolute Gasteiger partial charge is 0.494 e. The third kappa shape index (κ3) is 6.01. The first kappa shape index (κ1) is 22.1. The van der Waals surface area contributed by atoms with E-state index in [-0.39, 0.29) is 11.9 Å². The van der Waals surface area contributed by atoms with Crippen molar-refractivity contribution >= 4 is 17.6 Å². The van der Waals surface area contributed by atoms with Crippen molar-refractivity contribution in [2.24, 2.45) is 5.92 Å². The Morgan fingerprint density at radius 2 is 1.66 bits per heavy atom.